The number of hydrogen-bond donors (Lipinski definition) is 0. The van der Waals surface area contributed by atoms with Gasteiger partial charge in [-0.05, 0) is 45.8 Å². The summed E-state index contributed by atoms with van der Waals surface area (Å²) >= 11 is 3.20. The number of halogens is 1. The number of rotatable bonds is 4. The molecule has 0 bridgehead atoms. The van der Waals surface area contributed by atoms with Crippen molar-refractivity contribution in [1.29, 1.82) is 0 Å². The highest BCUT2D eigenvalue weighted by atomic mass is 79.9. The fourth-order valence-electron chi connectivity index (χ4n) is 1.86. The highest BCUT2D eigenvalue weighted by Crippen LogP contribution is 2.17. The maximum absolute atomic E-state index is 12.1. The van der Waals surface area contributed by atoms with Crippen LogP contribution in [-0.2, 0) is 6.54 Å². The molecule has 0 radical (unpaired) electrons. The molecule has 1 aromatic carbocycles. The van der Waals surface area contributed by atoms with Gasteiger partial charge in [-0.3, -0.25) is 4.79 Å². The van der Waals surface area contributed by atoms with Crippen LogP contribution in [0.25, 0.3) is 0 Å². The minimum Gasteiger partial charge on any atom is -0.444 e. The van der Waals surface area contributed by atoms with Gasteiger partial charge < -0.3 is 14.2 Å². The van der Waals surface area contributed by atoms with Crippen LogP contribution in [0.3, 0.4) is 0 Å². The van der Waals surface area contributed by atoms with Crippen LogP contribution >= 0.6 is 15.9 Å². The normalized spacial score (nSPS) is 10.4. The predicted octanol–water partition coefficient (Wildman–Crippen LogP) is 3.38. The van der Waals surface area contributed by atoms with Gasteiger partial charge in [-0.1, -0.05) is 12.1 Å². The molecule has 4 nitrogen and oxygen atoms in total. The van der Waals surface area contributed by atoms with Gasteiger partial charge in [-0.2, -0.15) is 0 Å². The van der Waals surface area contributed by atoms with Crippen molar-refractivity contribution in [2.24, 2.45) is 0 Å². The standard InChI is InChI=1S/C15H17BrN2O2/c1-17(2)12-6-4-11(5-7-12)10-18(3)15(19)13-8-9-14(16)20-13/h4-9H,10H2,1-3H3. The smallest absolute Gasteiger partial charge is 0.289 e. The second-order valence-corrected chi connectivity index (χ2v) is 5.61. The monoisotopic (exact) mass is 336 g/mol. The minimum atomic E-state index is -0.132. The van der Waals surface area contributed by atoms with E-state index in [1.165, 1.54) is 0 Å². The van der Waals surface area contributed by atoms with E-state index in [2.05, 4.69) is 15.9 Å². The van der Waals surface area contributed by atoms with Crippen LogP contribution in [0.2, 0.25) is 0 Å². The van der Waals surface area contributed by atoms with Crippen LogP contribution in [0, 0.1) is 0 Å². The first-order valence-electron chi connectivity index (χ1n) is 6.24. The average Bonchev–Trinajstić information content (AvgIpc) is 2.85. The summed E-state index contributed by atoms with van der Waals surface area (Å²) in [7, 11) is 5.76. The van der Waals surface area contributed by atoms with Crippen molar-refractivity contribution in [3.63, 3.8) is 0 Å². The van der Waals surface area contributed by atoms with E-state index in [0.29, 0.717) is 17.0 Å². The zero-order valence-electron chi connectivity index (χ0n) is 11.8. The van der Waals surface area contributed by atoms with Crippen LogP contribution < -0.4 is 4.90 Å². The molecule has 1 amide bonds. The predicted molar refractivity (Wildman–Crippen MR) is 83.0 cm³/mol. The summed E-state index contributed by atoms with van der Waals surface area (Å²) in [6.07, 6.45) is 0. The molecule has 0 saturated carbocycles. The maximum Gasteiger partial charge on any atom is 0.289 e. The van der Waals surface area contributed by atoms with Crippen molar-refractivity contribution in [2.75, 3.05) is 26.0 Å². The lowest BCUT2D eigenvalue weighted by Gasteiger charge is -2.17. The minimum absolute atomic E-state index is 0.132. The fourth-order valence-corrected chi connectivity index (χ4v) is 2.17. The van der Waals surface area contributed by atoms with Gasteiger partial charge in [-0.15, -0.1) is 0 Å². The number of carbonyl (C=O) groups excluding carboxylic acids is 1. The summed E-state index contributed by atoms with van der Waals surface area (Å²) in [5.74, 6) is 0.205. The van der Waals surface area contributed by atoms with E-state index in [0.717, 1.165) is 11.3 Å². The second kappa shape index (κ2) is 6.13. The van der Waals surface area contributed by atoms with Crippen LogP contribution in [0.4, 0.5) is 5.69 Å². The van der Waals surface area contributed by atoms with Crippen LogP contribution in [0.1, 0.15) is 16.1 Å². The first-order valence-corrected chi connectivity index (χ1v) is 7.04. The maximum atomic E-state index is 12.1. The summed E-state index contributed by atoms with van der Waals surface area (Å²) < 4.78 is 5.83. The lowest BCUT2D eigenvalue weighted by atomic mass is 10.2. The van der Waals surface area contributed by atoms with E-state index in [-0.39, 0.29) is 5.91 Å². The van der Waals surface area contributed by atoms with E-state index < -0.39 is 0 Å². The summed E-state index contributed by atoms with van der Waals surface area (Å²) in [6.45, 7) is 0.546. The number of nitrogens with zero attached hydrogens (tertiary/aromatic N) is 2. The van der Waals surface area contributed by atoms with Gasteiger partial charge >= 0.3 is 0 Å². The van der Waals surface area contributed by atoms with Gasteiger partial charge in [0.2, 0.25) is 0 Å². The van der Waals surface area contributed by atoms with Gasteiger partial charge in [0.15, 0.2) is 10.4 Å². The molecule has 106 valence electrons. The molecule has 0 spiro atoms. The van der Waals surface area contributed by atoms with Crippen LogP contribution in [0.5, 0.6) is 0 Å². The van der Waals surface area contributed by atoms with E-state index in [1.807, 2.05) is 43.3 Å². The molecule has 1 aromatic heterocycles. The topological polar surface area (TPSA) is 36.7 Å². The third kappa shape index (κ3) is 3.42. The number of anilines is 1. The van der Waals surface area contributed by atoms with E-state index in [1.54, 1.807) is 24.1 Å². The average molecular weight is 337 g/mol. The first-order chi connectivity index (χ1) is 9.47. The SMILES string of the molecule is CN(Cc1ccc(N(C)C)cc1)C(=O)c1ccc(Br)o1. The summed E-state index contributed by atoms with van der Waals surface area (Å²) in [5.41, 5.74) is 2.22. The fraction of sp³-hybridized carbons (Fsp3) is 0.267. The van der Waals surface area contributed by atoms with Gasteiger partial charge in [0.05, 0.1) is 0 Å². The van der Waals surface area contributed by atoms with Gasteiger partial charge in [-0.25, -0.2) is 0 Å². The van der Waals surface area contributed by atoms with Gasteiger partial charge in [0.25, 0.3) is 5.91 Å². The second-order valence-electron chi connectivity index (χ2n) is 4.83. The zero-order chi connectivity index (χ0) is 14.7. The third-order valence-corrected chi connectivity index (χ3v) is 3.43. The van der Waals surface area contributed by atoms with Gasteiger partial charge in [0, 0.05) is 33.4 Å². The highest BCUT2D eigenvalue weighted by molar-refractivity contribution is 9.10. The van der Waals surface area contributed by atoms with Crippen molar-refractivity contribution in [1.82, 2.24) is 4.90 Å². The molecule has 0 atom stereocenters. The molecule has 2 aromatic rings. The Hall–Kier alpha value is -1.75. The lowest BCUT2D eigenvalue weighted by molar-refractivity contribution is 0.0752. The van der Waals surface area contributed by atoms with Crippen molar-refractivity contribution < 1.29 is 9.21 Å². The summed E-state index contributed by atoms with van der Waals surface area (Å²) in [6, 6.07) is 11.5. The third-order valence-electron chi connectivity index (χ3n) is 3.00. The molecule has 0 aliphatic heterocycles. The summed E-state index contributed by atoms with van der Waals surface area (Å²) in [5, 5.41) is 0. The zero-order valence-corrected chi connectivity index (χ0v) is 13.3. The number of hydrogen-bond acceptors (Lipinski definition) is 3. The number of benzene rings is 1. The largest absolute Gasteiger partial charge is 0.444 e. The molecule has 0 unspecified atom stereocenters. The molecular weight excluding hydrogens is 320 g/mol. The highest BCUT2D eigenvalue weighted by Gasteiger charge is 2.15. The van der Waals surface area contributed by atoms with Gasteiger partial charge in [0.1, 0.15) is 0 Å². The molecular formula is C15H17BrN2O2. The molecule has 1 heterocycles. The van der Waals surface area contributed by atoms with E-state index >= 15 is 0 Å². The Balaban J connectivity index is 2.03. The van der Waals surface area contributed by atoms with Crippen molar-refractivity contribution >= 4 is 27.5 Å². The Morgan fingerprint density at radius 2 is 1.75 bits per heavy atom. The van der Waals surface area contributed by atoms with Crippen molar-refractivity contribution in [2.45, 2.75) is 6.54 Å². The Kier molecular flexibility index (Phi) is 4.49. The van der Waals surface area contributed by atoms with Crippen molar-refractivity contribution in [3.8, 4) is 0 Å². The molecule has 2 rings (SSSR count). The lowest BCUT2D eigenvalue weighted by Crippen LogP contribution is -2.25. The molecule has 0 fully saturated rings. The Morgan fingerprint density at radius 1 is 1.10 bits per heavy atom. The van der Waals surface area contributed by atoms with E-state index in [9.17, 15) is 4.79 Å². The molecule has 5 heteroatoms. The summed E-state index contributed by atoms with van der Waals surface area (Å²) in [4.78, 5) is 15.8. The van der Waals surface area contributed by atoms with Crippen LogP contribution in [0.15, 0.2) is 45.5 Å². The quantitative estimate of drug-likeness (QED) is 0.858. The molecule has 0 saturated heterocycles. The molecule has 0 aliphatic rings. The van der Waals surface area contributed by atoms with Crippen LogP contribution in [-0.4, -0.2) is 32.0 Å². The Morgan fingerprint density at radius 3 is 2.25 bits per heavy atom. The molecule has 0 N–H and O–H groups in total. The number of furan rings is 1. The molecule has 0 aliphatic carbocycles. The number of carbonyl (C=O) groups is 1. The van der Waals surface area contributed by atoms with Crippen molar-refractivity contribution in [3.05, 3.63) is 52.4 Å². The molecule has 20 heavy (non-hydrogen) atoms. The Bertz CT molecular complexity index is 590. The Labute approximate surface area is 127 Å². The number of amides is 1. The first kappa shape index (κ1) is 14.7. The van der Waals surface area contributed by atoms with E-state index in [4.69, 9.17) is 4.42 Å².